The van der Waals surface area contributed by atoms with Gasteiger partial charge in [0.15, 0.2) is 11.0 Å². The van der Waals surface area contributed by atoms with Crippen LogP contribution in [0.5, 0.6) is 0 Å². The number of hydrogen-bond donors (Lipinski definition) is 2. The van der Waals surface area contributed by atoms with Crippen LogP contribution in [-0.2, 0) is 11.8 Å². The van der Waals surface area contributed by atoms with Crippen molar-refractivity contribution in [3.8, 4) is 0 Å². The Bertz CT molecular complexity index is 849. The molecule has 3 rings (SSSR count). The minimum Gasteiger partial charge on any atom is -0.353 e. The molecule has 1 aliphatic rings. The first-order valence-corrected chi connectivity index (χ1v) is 11.2. The van der Waals surface area contributed by atoms with Gasteiger partial charge >= 0.3 is 0 Å². The summed E-state index contributed by atoms with van der Waals surface area (Å²) in [6.07, 6.45) is 5.76. The van der Waals surface area contributed by atoms with Gasteiger partial charge in [0.05, 0.1) is 11.8 Å². The van der Waals surface area contributed by atoms with E-state index >= 15 is 0 Å². The van der Waals surface area contributed by atoms with E-state index in [1.807, 2.05) is 18.5 Å². The first-order chi connectivity index (χ1) is 13.9. The second kappa shape index (κ2) is 10.1. The standard InChI is InChI=1S/C20H26ClN5O2S/c1-13(22-19(28)14-8-10-15(21)11-9-14)18-24-25-20(26(18)2)29-12-17(27)23-16-6-4-3-5-7-16/h8-11,13,16H,3-7,12H2,1-2H3,(H,22,28)(H,23,27)/t13-/m1/s1. The van der Waals surface area contributed by atoms with Crippen molar-refractivity contribution < 1.29 is 9.59 Å². The van der Waals surface area contributed by atoms with Crippen LogP contribution in [0.2, 0.25) is 5.02 Å². The van der Waals surface area contributed by atoms with Crippen LogP contribution in [0.15, 0.2) is 29.4 Å². The summed E-state index contributed by atoms with van der Waals surface area (Å²) >= 11 is 7.21. The SMILES string of the molecule is C[C@@H](NC(=O)c1ccc(Cl)cc1)c1nnc(SCC(=O)NC2CCCCC2)n1C. The molecule has 0 unspecified atom stereocenters. The minimum absolute atomic E-state index is 0.0236. The summed E-state index contributed by atoms with van der Waals surface area (Å²) in [6.45, 7) is 1.85. The van der Waals surface area contributed by atoms with Gasteiger partial charge < -0.3 is 15.2 Å². The van der Waals surface area contributed by atoms with Crippen LogP contribution < -0.4 is 10.6 Å². The van der Waals surface area contributed by atoms with Crippen molar-refractivity contribution in [2.45, 2.75) is 56.3 Å². The van der Waals surface area contributed by atoms with Crippen LogP contribution >= 0.6 is 23.4 Å². The highest BCUT2D eigenvalue weighted by Crippen LogP contribution is 2.21. The number of hydrogen-bond acceptors (Lipinski definition) is 5. The predicted octanol–water partition coefficient (Wildman–Crippen LogP) is 3.50. The third-order valence-corrected chi connectivity index (χ3v) is 6.28. The van der Waals surface area contributed by atoms with E-state index in [0.29, 0.717) is 33.4 Å². The number of nitrogens with one attached hydrogen (secondary N) is 2. The Morgan fingerprint density at radius 2 is 1.90 bits per heavy atom. The van der Waals surface area contributed by atoms with Gasteiger partial charge in [-0.25, -0.2) is 0 Å². The number of nitrogens with zero attached hydrogens (tertiary/aromatic N) is 3. The van der Waals surface area contributed by atoms with Crippen LogP contribution in [0.3, 0.4) is 0 Å². The average Bonchev–Trinajstić information content (AvgIpc) is 3.08. The molecule has 7 nitrogen and oxygen atoms in total. The number of amides is 2. The highest BCUT2D eigenvalue weighted by atomic mass is 35.5. The number of halogens is 1. The number of thioether (sulfide) groups is 1. The van der Waals surface area contributed by atoms with Gasteiger partial charge in [-0.3, -0.25) is 9.59 Å². The largest absolute Gasteiger partial charge is 0.353 e. The van der Waals surface area contributed by atoms with E-state index in [0.717, 1.165) is 12.8 Å². The maximum atomic E-state index is 12.4. The zero-order valence-electron chi connectivity index (χ0n) is 16.7. The maximum Gasteiger partial charge on any atom is 0.251 e. The van der Waals surface area contributed by atoms with Crippen molar-refractivity contribution in [2.24, 2.45) is 7.05 Å². The van der Waals surface area contributed by atoms with E-state index in [2.05, 4.69) is 20.8 Å². The Morgan fingerprint density at radius 3 is 2.59 bits per heavy atom. The van der Waals surface area contributed by atoms with Gasteiger partial charge in [0.25, 0.3) is 5.91 Å². The predicted molar refractivity (Wildman–Crippen MR) is 114 cm³/mol. The van der Waals surface area contributed by atoms with Gasteiger partial charge in [-0.15, -0.1) is 10.2 Å². The summed E-state index contributed by atoms with van der Waals surface area (Å²) in [7, 11) is 1.83. The summed E-state index contributed by atoms with van der Waals surface area (Å²) in [5, 5.41) is 15.6. The molecule has 0 spiro atoms. The average molecular weight is 436 g/mol. The molecule has 2 amide bonds. The van der Waals surface area contributed by atoms with Crippen LogP contribution in [0.25, 0.3) is 0 Å². The van der Waals surface area contributed by atoms with Crippen molar-refractivity contribution in [1.82, 2.24) is 25.4 Å². The Balaban J connectivity index is 1.53. The maximum absolute atomic E-state index is 12.4. The zero-order chi connectivity index (χ0) is 20.8. The van der Waals surface area contributed by atoms with Crippen molar-refractivity contribution in [1.29, 1.82) is 0 Å². The van der Waals surface area contributed by atoms with Crippen LogP contribution in [-0.4, -0.2) is 38.4 Å². The first-order valence-electron chi connectivity index (χ1n) is 9.82. The van der Waals surface area contributed by atoms with Crippen LogP contribution in [0, 0.1) is 0 Å². The fourth-order valence-electron chi connectivity index (χ4n) is 3.42. The summed E-state index contributed by atoms with van der Waals surface area (Å²) in [4.78, 5) is 24.6. The number of carbonyl (C=O) groups excluding carboxylic acids is 2. The molecule has 1 saturated carbocycles. The van der Waals surface area contributed by atoms with E-state index in [9.17, 15) is 9.59 Å². The molecule has 1 fully saturated rings. The number of aromatic nitrogens is 3. The lowest BCUT2D eigenvalue weighted by Crippen LogP contribution is -2.37. The molecule has 1 heterocycles. The van der Waals surface area contributed by atoms with E-state index < -0.39 is 0 Å². The smallest absolute Gasteiger partial charge is 0.251 e. The van der Waals surface area contributed by atoms with E-state index in [1.54, 1.807) is 24.3 Å². The Labute approximate surface area is 180 Å². The number of rotatable bonds is 7. The van der Waals surface area contributed by atoms with Gasteiger partial charge in [0.1, 0.15) is 0 Å². The molecule has 156 valence electrons. The molecular formula is C20H26ClN5O2S. The Kier molecular flexibility index (Phi) is 7.55. The summed E-state index contributed by atoms with van der Waals surface area (Å²) in [5.41, 5.74) is 0.525. The summed E-state index contributed by atoms with van der Waals surface area (Å²) in [6, 6.07) is 6.67. The van der Waals surface area contributed by atoms with Gasteiger partial charge in [-0.2, -0.15) is 0 Å². The molecule has 2 N–H and O–H groups in total. The van der Waals surface area contributed by atoms with E-state index in [-0.39, 0.29) is 17.9 Å². The van der Waals surface area contributed by atoms with Crippen LogP contribution in [0.4, 0.5) is 0 Å². The first kappa shape index (κ1) is 21.6. The molecule has 0 bridgehead atoms. The van der Waals surface area contributed by atoms with Crippen molar-refractivity contribution >= 4 is 35.2 Å². The lowest BCUT2D eigenvalue weighted by molar-refractivity contribution is -0.119. The van der Waals surface area contributed by atoms with E-state index in [4.69, 9.17) is 11.6 Å². The molecular weight excluding hydrogens is 410 g/mol. The van der Waals surface area contributed by atoms with Crippen molar-refractivity contribution in [2.75, 3.05) is 5.75 Å². The molecule has 9 heteroatoms. The lowest BCUT2D eigenvalue weighted by Gasteiger charge is -2.22. The quantitative estimate of drug-likeness (QED) is 0.649. The molecule has 1 atom stereocenters. The fourth-order valence-corrected chi connectivity index (χ4v) is 4.28. The summed E-state index contributed by atoms with van der Waals surface area (Å²) < 4.78 is 1.81. The second-order valence-electron chi connectivity index (χ2n) is 7.29. The Morgan fingerprint density at radius 1 is 1.21 bits per heavy atom. The van der Waals surface area contributed by atoms with Gasteiger partial charge in [-0.1, -0.05) is 42.6 Å². The molecule has 29 heavy (non-hydrogen) atoms. The molecule has 0 aliphatic heterocycles. The number of benzene rings is 1. The van der Waals surface area contributed by atoms with E-state index in [1.165, 1.54) is 31.0 Å². The highest BCUT2D eigenvalue weighted by Gasteiger charge is 2.20. The Hall–Kier alpha value is -2.06. The topological polar surface area (TPSA) is 88.9 Å². The third-order valence-electron chi connectivity index (χ3n) is 5.01. The minimum atomic E-state index is -0.332. The normalized spacial score (nSPS) is 15.7. The summed E-state index contributed by atoms with van der Waals surface area (Å²) in [5.74, 6) is 0.741. The van der Waals surface area contributed by atoms with Crippen molar-refractivity contribution in [3.63, 3.8) is 0 Å². The molecule has 1 aliphatic carbocycles. The molecule has 0 saturated heterocycles. The molecule has 1 aromatic heterocycles. The number of carbonyl (C=O) groups is 2. The van der Waals surface area contributed by atoms with Gasteiger partial charge in [0, 0.05) is 23.7 Å². The monoisotopic (exact) mass is 435 g/mol. The molecule has 0 radical (unpaired) electrons. The highest BCUT2D eigenvalue weighted by molar-refractivity contribution is 7.99. The van der Waals surface area contributed by atoms with Crippen molar-refractivity contribution in [3.05, 3.63) is 40.7 Å². The fraction of sp³-hybridized carbons (Fsp3) is 0.500. The zero-order valence-corrected chi connectivity index (χ0v) is 18.2. The lowest BCUT2D eigenvalue weighted by atomic mass is 9.95. The second-order valence-corrected chi connectivity index (χ2v) is 8.67. The third kappa shape index (κ3) is 5.96. The molecule has 1 aromatic carbocycles. The van der Waals surface area contributed by atoms with Gasteiger partial charge in [0.2, 0.25) is 5.91 Å². The van der Waals surface area contributed by atoms with Gasteiger partial charge in [-0.05, 0) is 44.0 Å². The van der Waals surface area contributed by atoms with Crippen LogP contribution in [0.1, 0.15) is 61.3 Å². The molecule has 2 aromatic rings.